The van der Waals surface area contributed by atoms with Crippen LogP contribution in [0.15, 0.2) is 36.5 Å². The van der Waals surface area contributed by atoms with Crippen LogP contribution < -0.4 is 14.8 Å². The molecule has 2 heterocycles. The van der Waals surface area contributed by atoms with Crippen LogP contribution in [-0.4, -0.2) is 40.2 Å². The maximum Gasteiger partial charge on any atom is 0.409 e. The van der Waals surface area contributed by atoms with Crippen molar-refractivity contribution in [1.29, 1.82) is 0 Å². The van der Waals surface area contributed by atoms with E-state index in [-0.39, 0.29) is 0 Å². The quantitative estimate of drug-likeness (QED) is 0.747. The van der Waals surface area contributed by atoms with Crippen molar-refractivity contribution < 1.29 is 19.4 Å². The van der Waals surface area contributed by atoms with Crippen LogP contribution in [0.25, 0.3) is 11.0 Å². The molecule has 0 bridgehead atoms. The number of ether oxygens (including phenoxy) is 2. The van der Waals surface area contributed by atoms with E-state index in [2.05, 4.69) is 15.4 Å². The van der Waals surface area contributed by atoms with Crippen molar-refractivity contribution in [2.24, 2.45) is 0 Å². The van der Waals surface area contributed by atoms with Crippen LogP contribution in [0.1, 0.15) is 5.56 Å². The molecule has 2 aromatic heterocycles. The number of methoxy groups -OCH3 is 2. The molecular formula is C16H16N4O4. The molecule has 0 fully saturated rings. The van der Waals surface area contributed by atoms with Gasteiger partial charge in [-0.05, 0) is 23.8 Å². The van der Waals surface area contributed by atoms with Gasteiger partial charge in [0.15, 0.2) is 5.65 Å². The Bertz CT molecular complexity index is 874. The molecule has 8 heteroatoms. The summed E-state index contributed by atoms with van der Waals surface area (Å²) in [6.45, 7) is 0.503. The van der Waals surface area contributed by atoms with Crippen LogP contribution in [0, 0.1) is 0 Å². The monoisotopic (exact) mass is 328 g/mol. The lowest BCUT2D eigenvalue weighted by molar-refractivity contribution is 0.209. The Kier molecular flexibility index (Phi) is 4.19. The average molecular weight is 328 g/mol. The second-order valence-electron chi connectivity index (χ2n) is 5.04. The summed E-state index contributed by atoms with van der Waals surface area (Å²) in [6.07, 6.45) is 0.294. The Hall–Kier alpha value is -3.29. The van der Waals surface area contributed by atoms with Gasteiger partial charge in [0.1, 0.15) is 5.75 Å². The van der Waals surface area contributed by atoms with Crippen LogP contribution in [-0.2, 0) is 6.54 Å². The number of amides is 1. The Morgan fingerprint density at radius 2 is 2.00 bits per heavy atom. The number of hydrogen-bond acceptors (Lipinski definition) is 5. The van der Waals surface area contributed by atoms with Crippen LogP contribution in [0.4, 0.5) is 10.5 Å². The van der Waals surface area contributed by atoms with Crippen molar-refractivity contribution >= 4 is 22.8 Å². The molecule has 0 aliphatic rings. The Balaban J connectivity index is 1.96. The van der Waals surface area contributed by atoms with E-state index in [9.17, 15) is 4.79 Å². The van der Waals surface area contributed by atoms with Gasteiger partial charge in [-0.3, -0.25) is 5.32 Å². The molecule has 2 N–H and O–H groups in total. The van der Waals surface area contributed by atoms with Crippen molar-refractivity contribution in [3.63, 3.8) is 0 Å². The largest absolute Gasteiger partial charge is 0.497 e. The van der Waals surface area contributed by atoms with Gasteiger partial charge < -0.3 is 14.6 Å². The highest BCUT2D eigenvalue weighted by atomic mass is 16.5. The zero-order valence-corrected chi connectivity index (χ0v) is 13.2. The summed E-state index contributed by atoms with van der Waals surface area (Å²) in [5, 5.41) is 16.1. The van der Waals surface area contributed by atoms with Crippen molar-refractivity contribution in [1.82, 2.24) is 14.8 Å². The first-order valence-corrected chi connectivity index (χ1v) is 7.14. The zero-order valence-electron chi connectivity index (χ0n) is 13.2. The maximum atomic E-state index is 10.8. The van der Waals surface area contributed by atoms with Gasteiger partial charge in [-0.25, -0.2) is 14.5 Å². The van der Waals surface area contributed by atoms with Gasteiger partial charge in [0.25, 0.3) is 0 Å². The molecule has 0 spiro atoms. The third kappa shape index (κ3) is 3.07. The number of rotatable bonds is 5. The van der Waals surface area contributed by atoms with E-state index in [4.69, 9.17) is 14.6 Å². The third-order valence-electron chi connectivity index (χ3n) is 3.49. The van der Waals surface area contributed by atoms with E-state index >= 15 is 0 Å². The van der Waals surface area contributed by atoms with E-state index in [1.54, 1.807) is 17.9 Å². The fourth-order valence-electron chi connectivity index (χ4n) is 2.39. The van der Waals surface area contributed by atoms with Crippen LogP contribution in [0.5, 0.6) is 11.6 Å². The minimum Gasteiger partial charge on any atom is -0.497 e. The molecule has 124 valence electrons. The normalized spacial score (nSPS) is 10.6. The predicted octanol–water partition coefficient (Wildman–Crippen LogP) is 2.59. The molecule has 8 nitrogen and oxygen atoms in total. The SMILES string of the molecule is COc1ccc(Cn2nc(OC)c3cc(NC(=O)O)cnc32)cc1. The summed E-state index contributed by atoms with van der Waals surface area (Å²) < 4.78 is 12.1. The number of nitrogens with zero attached hydrogens (tertiary/aromatic N) is 3. The third-order valence-corrected chi connectivity index (χ3v) is 3.49. The minimum atomic E-state index is -1.15. The lowest BCUT2D eigenvalue weighted by Gasteiger charge is -2.05. The molecule has 3 rings (SSSR count). The van der Waals surface area contributed by atoms with Gasteiger partial charge in [-0.15, -0.1) is 5.10 Å². The molecule has 0 unspecified atom stereocenters. The highest BCUT2D eigenvalue weighted by Gasteiger charge is 2.14. The molecule has 3 aromatic rings. The molecular weight excluding hydrogens is 312 g/mol. The van der Waals surface area contributed by atoms with Crippen LogP contribution in [0.2, 0.25) is 0 Å². The first-order chi connectivity index (χ1) is 11.6. The molecule has 1 aromatic carbocycles. The van der Waals surface area contributed by atoms with Gasteiger partial charge in [0, 0.05) is 0 Å². The molecule has 0 saturated heterocycles. The summed E-state index contributed by atoms with van der Waals surface area (Å²) in [7, 11) is 3.13. The standard InChI is InChI=1S/C16H16N4O4/c1-23-12-5-3-10(4-6-12)9-20-14-13(15(19-20)24-2)7-11(8-17-14)18-16(21)22/h3-8,18H,9H2,1-2H3,(H,21,22). The number of aromatic nitrogens is 3. The molecule has 0 atom stereocenters. The predicted molar refractivity (Wildman–Crippen MR) is 87.8 cm³/mol. The Morgan fingerprint density at radius 1 is 1.25 bits per heavy atom. The summed E-state index contributed by atoms with van der Waals surface area (Å²) >= 11 is 0. The summed E-state index contributed by atoms with van der Waals surface area (Å²) in [5.74, 6) is 1.17. The highest BCUT2D eigenvalue weighted by molar-refractivity contribution is 5.89. The number of carboxylic acid groups (broad SMARTS) is 1. The number of pyridine rings is 1. The molecule has 0 radical (unpaired) electrons. The lowest BCUT2D eigenvalue weighted by atomic mass is 10.2. The summed E-state index contributed by atoms with van der Waals surface area (Å²) in [5.41, 5.74) is 1.99. The Morgan fingerprint density at radius 3 is 2.62 bits per heavy atom. The zero-order chi connectivity index (χ0) is 17.1. The van der Waals surface area contributed by atoms with Crippen LogP contribution >= 0.6 is 0 Å². The number of hydrogen-bond donors (Lipinski definition) is 2. The molecule has 0 saturated carbocycles. The summed E-state index contributed by atoms with van der Waals surface area (Å²) in [4.78, 5) is 15.1. The average Bonchev–Trinajstić information content (AvgIpc) is 2.92. The van der Waals surface area contributed by atoms with Crippen LogP contribution in [0.3, 0.4) is 0 Å². The van der Waals surface area contributed by atoms with Crippen molar-refractivity contribution in [2.45, 2.75) is 6.54 Å². The van der Waals surface area contributed by atoms with Crippen molar-refractivity contribution in [2.75, 3.05) is 19.5 Å². The van der Waals surface area contributed by atoms with Gasteiger partial charge in [0.2, 0.25) is 5.88 Å². The number of carbonyl (C=O) groups is 1. The minimum absolute atomic E-state index is 0.359. The van der Waals surface area contributed by atoms with Gasteiger partial charge >= 0.3 is 6.09 Å². The van der Waals surface area contributed by atoms with E-state index in [0.717, 1.165) is 11.3 Å². The van der Waals surface area contributed by atoms with E-state index in [0.29, 0.717) is 29.1 Å². The molecule has 0 aliphatic heterocycles. The first-order valence-electron chi connectivity index (χ1n) is 7.14. The van der Waals surface area contributed by atoms with E-state index in [1.807, 2.05) is 24.3 Å². The Labute approximate surface area is 137 Å². The fourth-order valence-corrected chi connectivity index (χ4v) is 2.39. The maximum absolute atomic E-state index is 10.8. The smallest absolute Gasteiger partial charge is 0.409 e. The number of nitrogens with one attached hydrogen (secondary N) is 1. The van der Waals surface area contributed by atoms with Crippen molar-refractivity contribution in [3.8, 4) is 11.6 Å². The highest BCUT2D eigenvalue weighted by Crippen LogP contribution is 2.26. The summed E-state index contributed by atoms with van der Waals surface area (Å²) in [6, 6.07) is 9.28. The van der Waals surface area contributed by atoms with Gasteiger partial charge in [-0.1, -0.05) is 12.1 Å². The van der Waals surface area contributed by atoms with Gasteiger partial charge in [0.05, 0.1) is 38.0 Å². The van der Waals surface area contributed by atoms with Crippen molar-refractivity contribution in [3.05, 3.63) is 42.1 Å². The molecule has 0 aliphatic carbocycles. The lowest BCUT2D eigenvalue weighted by Crippen LogP contribution is -2.07. The van der Waals surface area contributed by atoms with Gasteiger partial charge in [-0.2, -0.15) is 0 Å². The molecule has 24 heavy (non-hydrogen) atoms. The second kappa shape index (κ2) is 6.45. The van der Waals surface area contributed by atoms with E-state index in [1.165, 1.54) is 13.3 Å². The molecule has 1 amide bonds. The second-order valence-corrected chi connectivity index (χ2v) is 5.04. The number of benzene rings is 1. The number of fused-ring (bicyclic) bond motifs is 1. The topological polar surface area (TPSA) is 98.5 Å². The first kappa shape index (κ1) is 15.6. The fraction of sp³-hybridized carbons (Fsp3) is 0.188. The van der Waals surface area contributed by atoms with E-state index < -0.39 is 6.09 Å². The number of anilines is 1.